The van der Waals surface area contributed by atoms with Crippen LogP contribution in [0.4, 0.5) is 0 Å². The molecule has 0 fully saturated rings. The topological polar surface area (TPSA) is 57.5 Å². The van der Waals surface area contributed by atoms with Gasteiger partial charge in [-0.2, -0.15) is 0 Å². The van der Waals surface area contributed by atoms with Crippen molar-refractivity contribution >= 4 is 12.0 Å². The molecule has 0 bridgehead atoms. The van der Waals surface area contributed by atoms with E-state index in [0.29, 0.717) is 12.8 Å². The highest BCUT2D eigenvalue weighted by Crippen LogP contribution is 2.00. The molecule has 0 aliphatic heterocycles. The Morgan fingerprint density at radius 2 is 1.88 bits per heavy atom. The Labute approximate surface area is 102 Å². The molecule has 0 atom stereocenters. The number of hydrogen-bond acceptors (Lipinski definition) is 2. The average Bonchev–Trinajstić information content (AvgIpc) is 2.37. The number of benzene rings is 1. The molecule has 3 nitrogen and oxygen atoms in total. The van der Waals surface area contributed by atoms with Crippen molar-refractivity contribution in [2.24, 2.45) is 0 Å². The van der Waals surface area contributed by atoms with Gasteiger partial charge in [-0.1, -0.05) is 49.6 Å². The van der Waals surface area contributed by atoms with Crippen LogP contribution in [0.3, 0.4) is 0 Å². The third kappa shape index (κ3) is 7.99. The van der Waals surface area contributed by atoms with Crippen molar-refractivity contribution in [2.75, 3.05) is 6.61 Å². The molecule has 2 N–H and O–H groups in total. The zero-order valence-electron chi connectivity index (χ0n) is 9.80. The molecular weight excluding hydrogens is 216 g/mol. The highest BCUT2D eigenvalue weighted by atomic mass is 16.4. The Hall–Kier alpha value is -1.87. The molecule has 0 saturated heterocycles. The zero-order chi connectivity index (χ0) is 13.1. The van der Waals surface area contributed by atoms with Gasteiger partial charge in [0.2, 0.25) is 0 Å². The van der Waals surface area contributed by atoms with Crippen LogP contribution in [0, 0.1) is 0 Å². The summed E-state index contributed by atoms with van der Waals surface area (Å²) < 4.78 is 0. The second kappa shape index (κ2) is 9.36. The van der Waals surface area contributed by atoms with E-state index in [1.165, 1.54) is 5.56 Å². The summed E-state index contributed by atoms with van der Waals surface area (Å²) in [4.78, 5) is 10.0. The number of carboxylic acids is 1. The van der Waals surface area contributed by atoms with Crippen LogP contribution in [0.2, 0.25) is 0 Å². The summed E-state index contributed by atoms with van der Waals surface area (Å²) in [5.74, 6) is -0.983. The van der Waals surface area contributed by atoms with Crippen molar-refractivity contribution in [1.29, 1.82) is 0 Å². The Morgan fingerprint density at radius 1 is 1.29 bits per heavy atom. The Bertz CT molecular complexity index is 355. The molecule has 0 saturated carbocycles. The molecule has 1 aromatic carbocycles. The van der Waals surface area contributed by atoms with Gasteiger partial charge < -0.3 is 10.2 Å². The third-order valence-corrected chi connectivity index (χ3v) is 1.97. The van der Waals surface area contributed by atoms with Crippen molar-refractivity contribution in [3.63, 3.8) is 0 Å². The average molecular weight is 234 g/mol. The maximum absolute atomic E-state index is 10.0. The van der Waals surface area contributed by atoms with Crippen LogP contribution in [0.25, 0.3) is 6.08 Å². The standard InChI is InChI=1S/C8H8.C6H10O3/c1-2-8-6-4-3-5-7-8;1-5(6(8)9)3-2-4-7/h2-7H,1H2;7H,1-4H2,(H,8,9). The monoisotopic (exact) mass is 234 g/mol. The maximum atomic E-state index is 10.0. The fraction of sp³-hybridized carbons (Fsp3) is 0.214. The van der Waals surface area contributed by atoms with Crippen LogP contribution in [-0.4, -0.2) is 22.8 Å². The normalized spacial score (nSPS) is 8.76. The van der Waals surface area contributed by atoms with E-state index in [0.717, 1.165) is 0 Å². The Balaban J connectivity index is 0.000000302. The molecule has 17 heavy (non-hydrogen) atoms. The van der Waals surface area contributed by atoms with Gasteiger partial charge in [-0.25, -0.2) is 4.79 Å². The van der Waals surface area contributed by atoms with E-state index < -0.39 is 5.97 Å². The lowest BCUT2D eigenvalue weighted by atomic mass is 10.2. The van der Waals surface area contributed by atoms with Gasteiger partial charge >= 0.3 is 5.97 Å². The minimum atomic E-state index is -0.983. The van der Waals surface area contributed by atoms with Crippen LogP contribution >= 0.6 is 0 Å². The molecule has 1 aromatic rings. The number of carboxylic acid groups (broad SMARTS) is 1. The van der Waals surface area contributed by atoms with Crippen LogP contribution in [0.15, 0.2) is 49.1 Å². The molecule has 0 aliphatic rings. The quantitative estimate of drug-likeness (QED) is 0.770. The molecule has 0 amide bonds. The van der Waals surface area contributed by atoms with Gasteiger partial charge in [0.15, 0.2) is 0 Å². The highest BCUT2D eigenvalue weighted by Gasteiger charge is 2.00. The van der Waals surface area contributed by atoms with Crippen molar-refractivity contribution in [1.82, 2.24) is 0 Å². The minimum Gasteiger partial charge on any atom is -0.478 e. The summed E-state index contributed by atoms with van der Waals surface area (Å²) >= 11 is 0. The van der Waals surface area contributed by atoms with Gasteiger partial charge in [0, 0.05) is 12.2 Å². The van der Waals surface area contributed by atoms with Gasteiger partial charge in [-0.3, -0.25) is 0 Å². The van der Waals surface area contributed by atoms with E-state index >= 15 is 0 Å². The lowest BCUT2D eigenvalue weighted by molar-refractivity contribution is -0.132. The summed E-state index contributed by atoms with van der Waals surface area (Å²) in [7, 11) is 0. The molecule has 0 aliphatic carbocycles. The van der Waals surface area contributed by atoms with Crippen LogP contribution < -0.4 is 0 Å². The van der Waals surface area contributed by atoms with E-state index in [9.17, 15) is 4.79 Å². The Morgan fingerprint density at radius 3 is 2.24 bits per heavy atom. The first-order valence-corrected chi connectivity index (χ1v) is 5.31. The molecule has 0 heterocycles. The zero-order valence-corrected chi connectivity index (χ0v) is 9.80. The van der Waals surface area contributed by atoms with E-state index in [1.54, 1.807) is 0 Å². The number of carbonyl (C=O) groups is 1. The first-order valence-electron chi connectivity index (χ1n) is 5.31. The molecular formula is C14H18O3. The fourth-order valence-corrected chi connectivity index (χ4v) is 0.988. The van der Waals surface area contributed by atoms with Gasteiger partial charge in [0.25, 0.3) is 0 Å². The molecule has 0 radical (unpaired) electrons. The number of aliphatic carboxylic acids is 1. The summed E-state index contributed by atoms with van der Waals surface area (Å²) in [5, 5.41) is 16.5. The lowest BCUT2D eigenvalue weighted by Gasteiger charge is -1.94. The van der Waals surface area contributed by atoms with Crippen molar-refractivity contribution in [3.05, 3.63) is 54.6 Å². The maximum Gasteiger partial charge on any atom is 0.330 e. The number of aliphatic hydroxyl groups excluding tert-OH is 1. The molecule has 92 valence electrons. The Kier molecular flexibility index (Phi) is 8.33. The van der Waals surface area contributed by atoms with E-state index in [1.807, 2.05) is 36.4 Å². The number of hydrogen-bond donors (Lipinski definition) is 2. The fourth-order valence-electron chi connectivity index (χ4n) is 0.988. The summed E-state index contributed by atoms with van der Waals surface area (Å²) in [6.45, 7) is 6.93. The number of rotatable bonds is 5. The largest absolute Gasteiger partial charge is 0.478 e. The van der Waals surface area contributed by atoms with Crippen molar-refractivity contribution in [3.8, 4) is 0 Å². The number of aliphatic hydroxyl groups is 1. The first kappa shape index (κ1) is 15.1. The molecule has 0 aromatic heterocycles. The van der Waals surface area contributed by atoms with Crippen molar-refractivity contribution in [2.45, 2.75) is 12.8 Å². The molecule has 0 spiro atoms. The summed E-state index contributed by atoms with van der Waals surface area (Å²) in [5.41, 5.74) is 1.33. The lowest BCUT2D eigenvalue weighted by Crippen LogP contribution is -1.99. The predicted octanol–water partition coefficient (Wildman–Crippen LogP) is 2.73. The smallest absolute Gasteiger partial charge is 0.330 e. The molecule has 1 rings (SSSR count). The SMILES string of the molecule is C=C(CCCO)C(=O)O.C=Cc1ccccc1. The van der Waals surface area contributed by atoms with E-state index in [2.05, 4.69) is 13.2 Å². The van der Waals surface area contributed by atoms with Gasteiger partial charge in [-0.15, -0.1) is 0 Å². The second-order valence-corrected chi connectivity index (χ2v) is 3.35. The minimum absolute atomic E-state index is 0.0201. The van der Waals surface area contributed by atoms with Crippen LogP contribution in [0.5, 0.6) is 0 Å². The van der Waals surface area contributed by atoms with E-state index in [4.69, 9.17) is 10.2 Å². The highest BCUT2D eigenvalue weighted by molar-refractivity contribution is 5.85. The second-order valence-electron chi connectivity index (χ2n) is 3.35. The van der Waals surface area contributed by atoms with Gasteiger partial charge in [0.1, 0.15) is 0 Å². The third-order valence-electron chi connectivity index (χ3n) is 1.97. The van der Waals surface area contributed by atoms with Crippen molar-refractivity contribution < 1.29 is 15.0 Å². The van der Waals surface area contributed by atoms with Crippen LogP contribution in [-0.2, 0) is 4.79 Å². The predicted molar refractivity (Wildman–Crippen MR) is 69.6 cm³/mol. The molecule has 0 unspecified atom stereocenters. The van der Waals surface area contributed by atoms with E-state index in [-0.39, 0.29) is 12.2 Å². The first-order chi connectivity index (χ1) is 8.11. The van der Waals surface area contributed by atoms with Gasteiger partial charge in [0.05, 0.1) is 0 Å². The van der Waals surface area contributed by atoms with Crippen LogP contribution in [0.1, 0.15) is 18.4 Å². The molecule has 3 heteroatoms. The summed E-state index contributed by atoms with van der Waals surface area (Å²) in [6, 6.07) is 10.0. The summed E-state index contributed by atoms with van der Waals surface area (Å²) in [6.07, 6.45) is 2.68. The van der Waals surface area contributed by atoms with Gasteiger partial charge in [-0.05, 0) is 18.4 Å².